The van der Waals surface area contributed by atoms with Gasteiger partial charge in [-0.1, -0.05) is 30.7 Å². The number of carboxylic acids is 1. The van der Waals surface area contributed by atoms with Crippen LogP contribution in [0.1, 0.15) is 49.4 Å². The van der Waals surface area contributed by atoms with E-state index in [-0.39, 0.29) is 6.42 Å². The van der Waals surface area contributed by atoms with Gasteiger partial charge in [-0.15, -0.1) is 0 Å². The van der Waals surface area contributed by atoms with Gasteiger partial charge in [0.25, 0.3) is 0 Å². The summed E-state index contributed by atoms with van der Waals surface area (Å²) >= 11 is 0. The molecule has 0 saturated carbocycles. The molecule has 3 N–H and O–H groups in total. The minimum Gasteiger partial charge on any atom is -0.478 e. The van der Waals surface area contributed by atoms with E-state index in [1.807, 2.05) is 24.3 Å². The number of nitrogens with one attached hydrogen (secondary N) is 1. The number of rotatable bonds is 10. The number of fused-ring (bicyclic) bond motifs is 1. The van der Waals surface area contributed by atoms with Crippen molar-refractivity contribution < 1.29 is 34.0 Å². The van der Waals surface area contributed by atoms with Gasteiger partial charge in [0.15, 0.2) is 6.29 Å². The number of allylic oxidation sites excluding steroid dienone is 1. The van der Waals surface area contributed by atoms with Crippen molar-refractivity contribution in [1.82, 2.24) is 4.98 Å². The maximum absolute atomic E-state index is 12.6. The number of ether oxygens (including phenoxy) is 3. The van der Waals surface area contributed by atoms with Gasteiger partial charge in [0.2, 0.25) is 0 Å². The van der Waals surface area contributed by atoms with Crippen molar-refractivity contribution >= 4 is 22.8 Å². The van der Waals surface area contributed by atoms with Crippen LogP contribution in [0.3, 0.4) is 0 Å². The molecule has 2 heterocycles. The smallest absolute Gasteiger partial charge is 0.340 e. The number of aromatic amines is 1. The Bertz CT molecular complexity index is 906. The van der Waals surface area contributed by atoms with E-state index in [1.165, 1.54) is 0 Å². The van der Waals surface area contributed by atoms with Crippen LogP contribution in [0.25, 0.3) is 10.9 Å². The molecule has 1 aromatic carbocycles. The van der Waals surface area contributed by atoms with E-state index >= 15 is 0 Å². The van der Waals surface area contributed by atoms with E-state index < -0.39 is 36.5 Å². The highest BCUT2D eigenvalue weighted by Crippen LogP contribution is 2.26. The van der Waals surface area contributed by atoms with E-state index in [4.69, 9.17) is 19.3 Å². The summed E-state index contributed by atoms with van der Waals surface area (Å²) in [5.74, 6) is -1.40. The minimum absolute atomic E-state index is 0.236. The number of carbonyl (C=O) groups is 2. The van der Waals surface area contributed by atoms with Crippen molar-refractivity contribution in [3.8, 4) is 0 Å². The highest BCUT2D eigenvalue weighted by atomic mass is 16.7. The second-order valence-electron chi connectivity index (χ2n) is 7.67. The van der Waals surface area contributed by atoms with Crippen LogP contribution in [0.5, 0.6) is 0 Å². The number of hydrogen-bond acceptors (Lipinski definition) is 6. The summed E-state index contributed by atoms with van der Waals surface area (Å²) in [5.41, 5.74) is 1.31. The molecule has 1 fully saturated rings. The van der Waals surface area contributed by atoms with Crippen LogP contribution in [-0.4, -0.2) is 58.3 Å². The van der Waals surface area contributed by atoms with Crippen LogP contribution >= 0.6 is 0 Å². The number of aliphatic hydroxyl groups is 1. The summed E-state index contributed by atoms with van der Waals surface area (Å²) in [6.45, 7) is 2.22. The molecule has 8 heteroatoms. The lowest BCUT2D eigenvalue weighted by molar-refractivity contribution is -0.260. The van der Waals surface area contributed by atoms with E-state index in [0.29, 0.717) is 18.6 Å². The summed E-state index contributed by atoms with van der Waals surface area (Å²) in [6, 6.07) is 7.48. The second-order valence-corrected chi connectivity index (χ2v) is 7.67. The molecule has 4 atom stereocenters. The summed E-state index contributed by atoms with van der Waals surface area (Å²) in [5, 5.41) is 19.7. The molecule has 3 rings (SSSR count). The Kier molecular flexibility index (Phi) is 8.22. The molecule has 0 spiro atoms. The zero-order valence-electron chi connectivity index (χ0n) is 17.5. The Morgan fingerprint density at radius 3 is 2.87 bits per heavy atom. The van der Waals surface area contributed by atoms with Gasteiger partial charge in [-0.25, -0.2) is 9.59 Å². The van der Waals surface area contributed by atoms with Gasteiger partial charge in [-0.2, -0.15) is 0 Å². The van der Waals surface area contributed by atoms with Crippen molar-refractivity contribution in [2.24, 2.45) is 0 Å². The molecule has 8 nitrogen and oxygen atoms in total. The predicted molar refractivity (Wildman–Crippen MR) is 114 cm³/mol. The number of aliphatic carboxylic acids is 1. The number of aliphatic hydroxyl groups excluding tert-OH is 1. The number of carboxylic acid groups (broad SMARTS) is 1. The van der Waals surface area contributed by atoms with Gasteiger partial charge in [-0.3, -0.25) is 0 Å². The fourth-order valence-electron chi connectivity index (χ4n) is 3.59. The highest BCUT2D eigenvalue weighted by Gasteiger charge is 2.38. The van der Waals surface area contributed by atoms with E-state index in [9.17, 15) is 14.7 Å². The Labute approximate surface area is 180 Å². The first-order valence-electron chi connectivity index (χ1n) is 10.6. The molecule has 0 bridgehead atoms. The largest absolute Gasteiger partial charge is 0.478 e. The molecular formula is C23H29NO7. The van der Waals surface area contributed by atoms with Gasteiger partial charge >= 0.3 is 11.9 Å². The molecule has 1 aliphatic rings. The van der Waals surface area contributed by atoms with Gasteiger partial charge in [0.05, 0.1) is 11.7 Å². The molecule has 1 aromatic heterocycles. The lowest BCUT2D eigenvalue weighted by atomic mass is 10.0. The number of unbranched alkanes of at least 4 members (excludes halogenated alkanes) is 3. The Balaban J connectivity index is 1.41. The van der Waals surface area contributed by atoms with Crippen LogP contribution in [-0.2, 0) is 19.0 Å². The van der Waals surface area contributed by atoms with Crippen molar-refractivity contribution in [2.45, 2.75) is 63.6 Å². The van der Waals surface area contributed by atoms with Gasteiger partial charge < -0.3 is 29.4 Å². The average Bonchev–Trinajstić information content (AvgIpc) is 3.17. The van der Waals surface area contributed by atoms with Gasteiger partial charge in [0.1, 0.15) is 12.2 Å². The average molecular weight is 431 g/mol. The Morgan fingerprint density at radius 1 is 1.26 bits per heavy atom. The molecule has 31 heavy (non-hydrogen) atoms. The molecule has 1 aliphatic heterocycles. The number of aromatic nitrogens is 1. The molecule has 2 aromatic rings. The number of hydrogen-bond donors (Lipinski definition) is 3. The molecule has 1 saturated heterocycles. The third-order valence-electron chi connectivity index (χ3n) is 5.29. The number of esters is 1. The number of benzene rings is 1. The zero-order valence-corrected chi connectivity index (χ0v) is 17.5. The van der Waals surface area contributed by atoms with Crippen molar-refractivity contribution in [3.05, 3.63) is 48.2 Å². The zero-order chi connectivity index (χ0) is 22.2. The van der Waals surface area contributed by atoms with Crippen molar-refractivity contribution in [3.63, 3.8) is 0 Å². The molecule has 0 aliphatic carbocycles. The first-order chi connectivity index (χ1) is 15.0. The lowest BCUT2D eigenvalue weighted by Gasteiger charge is -2.37. The first-order valence-corrected chi connectivity index (χ1v) is 10.6. The van der Waals surface area contributed by atoms with Crippen LogP contribution in [0.2, 0.25) is 0 Å². The standard InChI is InChI=1S/C23H29NO7/c1-15-20(31-22(28)17-14-24-18-10-7-6-9-16(17)18)13-19(25)23(30-15)29-12-8-4-2-3-5-11-21(26)27/h5-7,9-11,14-15,19-20,23-25H,2-4,8,12-13H2,1H3,(H,26,27)/b11-5+. The van der Waals surface area contributed by atoms with Crippen LogP contribution < -0.4 is 0 Å². The minimum atomic E-state index is -0.939. The van der Waals surface area contributed by atoms with E-state index in [1.54, 1.807) is 19.2 Å². The number of H-pyrrole nitrogens is 1. The van der Waals surface area contributed by atoms with Crippen LogP contribution in [0, 0.1) is 0 Å². The van der Waals surface area contributed by atoms with E-state index in [0.717, 1.165) is 36.2 Å². The highest BCUT2D eigenvalue weighted by molar-refractivity contribution is 6.04. The number of carbonyl (C=O) groups excluding carboxylic acids is 1. The van der Waals surface area contributed by atoms with E-state index in [2.05, 4.69) is 4.98 Å². The first kappa shape index (κ1) is 23.0. The Hall–Kier alpha value is -2.68. The molecule has 4 unspecified atom stereocenters. The maximum Gasteiger partial charge on any atom is 0.340 e. The topological polar surface area (TPSA) is 118 Å². The summed E-state index contributed by atoms with van der Waals surface area (Å²) in [7, 11) is 0. The summed E-state index contributed by atoms with van der Waals surface area (Å²) < 4.78 is 17.0. The van der Waals surface area contributed by atoms with Crippen LogP contribution in [0.15, 0.2) is 42.6 Å². The summed E-state index contributed by atoms with van der Waals surface area (Å²) in [6.07, 6.45) is 5.23. The maximum atomic E-state index is 12.6. The van der Waals surface area contributed by atoms with Crippen molar-refractivity contribution in [2.75, 3.05) is 6.61 Å². The molecular weight excluding hydrogens is 402 g/mol. The number of para-hydroxylation sites is 1. The fraction of sp³-hybridized carbons (Fsp3) is 0.478. The molecule has 0 radical (unpaired) electrons. The van der Waals surface area contributed by atoms with Crippen LogP contribution in [0.4, 0.5) is 0 Å². The van der Waals surface area contributed by atoms with Gasteiger partial charge in [-0.05, 0) is 32.3 Å². The monoisotopic (exact) mass is 431 g/mol. The SMILES string of the molecule is CC1OC(OCCCCC/C=C/C(=O)O)C(O)CC1OC(=O)c1c[nH]c2ccccc12. The third kappa shape index (κ3) is 6.40. The normalized spacial score (nSPS) is 23.9. The molecule has 168 valence electrons. The summed E-state index contributed by atoms with van der Waals surface area (Å²) in [4.78, 5) is 26.1. The third-order valence-corrected chi connectivity index (χ3v) is 5.29. The van der Waals surface area contributed by atoms with Crippen molar-refractivity contribution in [1.29, 1.82) is 0 Å². The Morgan fingerprint density at radius 2 is 2.06 bits per heavy atom. The molecule has 0 amide bonds. The fourth-order valence-corrected chi connectivity index (χ4v) is 3.59. The quantitative estimate of drug-likeness (QED) is 0.300. The second kappa shape index (κ2) is 11.1. The lowest BCUT2D eigenvalue weighted by Crippen LogP contribution is -2.48. The van der Waals surface area contributed by atoms with Gasteiger partial charge in [0, 0.05) is 36.2 Å². The predicted octanol–water partition coefficient (Wildman–Crippen LogP) is 3.41.